The number of nitrogens with two attached hydrogens (primary N) is 1. The fraction of sp³-hybridized carbons (Fsp3) is 0.364. The Hall–Kier alpha value is -1.31. The number of amides is 1. The predicted octanol–water partition coefficient (Wildman–Crippen LogP) is 1.15. The van der Waals surface area contributed by atoms with Gasteiger partial charge in [0.25, 0.3) is 5.91 Å². The maximum Gasteiger partial charge on any atom is 0.263 e. The fourth-order valence-electron chi connectivity index (χ4n) is 0.990. The van der Waals surface area contributed by atoms with Gasteiger partial charge in [0, 0.05) is 13.6 Å². The van der Waals surface area contributed by atoms with Crippen molar-refractivity contribution in [1.29, 1.82) is 0 Å². The van der Waals surface area contributed by atoms with Gasteiger partial charge in [-0.2, -0.15) is 0 Å². The van der Waals surface area contributed by atoms with Crippen molar-refractivity contribution >= 4 is 17.2 Å². The highest BCUT2D eigenvalue weighted by Gasteiger charge is 2.11. The molecule has 0 spiro atoms. The first kappa shape index (κ1) is 11.8. The van der Waals surface area contributed by atoms with E-state index in [-0.39, 0.29) is 5.91 Å². The van der Waals surface area contributed by atoms with Gasteiger partial charge in [-0.3, -0.25) is 4.79 Å². The lowest BCUT2D eigenvalue weighted by Gasteiger charge is -2.12. The number of nitrogens with zero attached hydrogens (tertiary/aromatic N) is 1. The van der Waals surface area contributed by atoms with Gasteiger partial charge in [-0.1, -0.05) is 11.8 Å². The van der Waals surface area contributed by atoms with E-state index in [1.807, 2.05) is 13.0 Å². The molecule has 0 atom stereocenters. The Labute approximate surface area is 93.9 Å². The van der Waals surface area contributed by atoms with Gasteiger partial charge in [-0.15, -0.1) is 11.3 Å². The van der Waals surface area contributed by atoms with Crippen LogP contribution in [0, 0.1) is 11.8 Å². The summed E-state index contributed by atoms with van der Waals surface area (Å²) in [5, 5.41) is 0. The number of rotatable bonds is 2. The van der Waals surface area contributed by atoms with Crippen LogP contribution in [0.25, 0.3) is 0 Å². The van der Waals surface area contributed by atoms with Crippen LogP contribution in [-0.2, 0) is 0 Å². The second kappa shape index (κ2) is 5.54. The van der Waals surface area contributed by atoms with Crippen LogP contribution < -0.4 is 5.73 Å². The Morgan fingerprint density at radius 1 is 1.60 bits per heavy atom. The summed E-state index contributed by atoms with van der Waals surface area (Å²) in [7, 11) is 1.79. The van der Waals surface area contributed by atoms with E-state index in [0.717, 1.165) is 9.75 Å². The normalized spacial score (nSPS) is 9.27. The molecule has 1 heterocycles. The average molecular weight is 222 g/mol. The molecular weight excluding hydrogens is 208 g/mol. The molecule has 0 unspecified atom stereocenters. The van der Waals surface area contributed by atoms with Crippen molar-refractivity contribution in [2.24, 2.45) is 5.73 Å². The highest BCUT2D eigenvalue weighted by Crippen LogP contribution is 2.16. The lowest BCUT2D eigenvalue weighted by Crippen LogP contribution is -2.25. The third-order valence-corrected chi connectivity index (χ3v) is 2.94. The Kier molecular flexibility index (Phi) is 4.35. The molecule has 1 aromatic heterocycles. The molecule has 0 radical (unpaired) electrons. The van der Waals surface area contributed by atoms with Gasteiger partial charge in [-0.25, -0.2) is 0 Å². The van der Waals surface area contributed by atoms with E-state index >= 15 is 0 Å². The zero-order chi connectivity index (χ0) is 11.3. The predicted molar refractivity (Wildman–Crippen MR) is 62.9 cm³/mol. The number of hydrogen-bond acceptors (Lipinski definition) is 3. The molecule has 15 heavy (non-hydrogen) atoms. The van der Waals surface area contributed by atoms with Gasteiger partial charge < -0.3 is 10.6 Å². The third kappa shape index (κ3) is 3.08. The summed E-state index contributed by atoms with van der Waals surface area (Å²) in [6, 6.07) is 3.66. The highest BCUT2D eigenvalue weighted by atomic mass is 32.1. The van der Waals surface area contributed by atoms with Crippen molar-refractivity contribution in [2.45, 2.75) is 6.92 Å². The quantitative estimate of drug-likeness (QED) is 0.763. The second-order valence-electron chi connectivity index (χ2n) is 2.99. The van der Waals surface area contributed by atoms with E-state index in [1.54, 1.807) is 18.0 Å². The summed E-state index contributed by atoms with van der Waals surface area (Å²) >= 11 is 1.40. The minimum absolute atomic E-state index is 0.0447. The molecule has 2 N–H and O–H groups in total. The summed E-state index contributed by atoms with van der Waals surface area (Å²) in [5.41, 5.74) is 5.27. The fourth-order valence-corrected chi connectivity index (χ4v) is 1.87. The van der Waals surface area contributed by atoms with Crippen LogP contribution in [0.3, 0.4) is 0 Å². The molecular formula is C11H14N2OS. The lowest BCUT2D eigenvalue weighted by molar-refractivity contribution is 0.0807. The van der Waals surface area contributed by atoms with Crippen LogP contribution in [0.2, 0.25) is 0 Å². The third-order valence-electron chi connectivity index (χ3n) is 1.95. The molecule has 0 fully saturated rings. The van der Waals surface area contributed by atoms with E-state index in [1.165, 1.54) is 11.3 Å². The topological polar surface area (TPSA) is 46.3 Å². The van der Waals surface area contributed by atoms with Crippen molar-refractivity contribution in [3.8, 4) is 11.8 Å². The molecule has 3 nitrogen and oxygen atoms in total. The van der Waals surface area contributed by atoms with Gasteiger partial charge in [0.15, 0.2) is 0 Å². The van der Waals surface area contributed by atoms with Gasteiger partial charge in [0.1, 0.15) is 0 Å². The van der Waals surface area contributed by atoms with Crippen LogP contribution in [-0.4, -0.2) is 30.9 Å². The lowest BCUT2D eigenvalue weighted by atomic mass is 10.4. The molecule has 0 aliphatic carbocycles. The first-order valence-electron chi connectivity index (χ1n) is 4.73. The number of hydrogen-bond donors (Lipinski definition) is 1. The molecule has 1 aromatic rings. The minimum atomic E-state index is 0.0447. The molecule has 0 aliphatic heterocycles. The maximum atomic E-state index is 11.7. The summed E-state index contributed by atoms with van der Waals surface area (Å²) in [6.07, 6.45) is 0. The number of carbonyl (C=O) groups is 1. The van der Waals surface area contributed by atoms with E-state index in [4.69, 9.17) is 5.73 Å². The summed E-state index contributed by atoms with van der Waals surface area (Å²) in [4.78, 5) is 15.0. The van der Waals surface area contributed by atoms with E-state index in [9.17, 15) is 4.79 Å². The molecule has 0 aromatic carbocycles. The summed E-state index contributed by atoms with van der Waals surface area (Å²) in [5.74, 6) is 5.72. The standard InChI is InChI=1S/C11H14N2OS/c1-3-13(2)11(14)10-7-6-9(15-10)5-4-8-12/h6-7H,3,8,12H2,1-2H3. The monoisotopic (exact) mass is 222 g/mol. The zero-order valence-electron chi connectivity index (χ0n) is 8.91. The van der Waals surface area contributed by atoms with Gasteiger partial charge >= 0.3 is 0 Å². The van der Waals surface area contributed by atoms with Crippen molar-refractivity contribution in [1.82, 2.24) is 4.90 Å². The zero-order valence-corrected chi connectivity index (χ0v) is 9.73. The molecule has 0 bridgehead atoms. The first-order chi connectivity index (χ1) is 7.19. The minimum Gasteiger partial charge on any atom is -0.341 e. The molecule has 1 rings (SSSR count). The van der Waals surface area contributed by atoms with Crippen molar-refractivity contribution in [3.05, 3.63) is 21.9 Å². The van der Waals surface area contributed by atoms with Crippen LogP contribution in [0.15, 0.2) is 12.1 Å². The van der Waals surface area contributed by atoms with Gasteiger partial charge in [0.05, 0.1) is 16.3 Å². The SMILES string of the molecule is CCN(C)C(=O)c1ccc(C#CCN)s1. The average Bonchev–Trinajstić information content (AvgIpc) is 2.72. The Bertz CT molecular complexity index is 400. The van der Waals surface area contributed by atoms with Crippen LogP contribution in [0.1, 0.15) is 21.5 Å². The van der Waals surface area contributed by atoms with Crippen LogP contribution >= 0.6 is 11.3 Å². The number of carbonyl (C=O) groups excluding carboxylic acids is 1. The van der Waals surface area contributed by atoms with Gasteiger partial charge in [-0.05, 0) is 19.1 Å². The Morgan fingerprint density at radius 3 is 2.93 bits per heavy atom. The molecule has 0 saturated carbocycles. The van der Waals surface area contributed by atoms with Gasteiger partial charge in [0.2, 0.25) is 0 Å². The largest absolute Gasteiger partial charge is 0.341 e. The van der Waals surface area contributed by atoms with Crippen LogP contribution in [0.5, 0.6) is 0 Å². The van der Waals surface area contributed by atoms with Crippen molar-refractivity contribution < 1.29 is 4.79 Å². The molecule has 1 amide bonds. The summed E-state index contributed by atoms with van der Waals surface area (Å²) < 4.78 is 0. The highest BCUT2D eigenvalue weighted by molar-refractivity contribution is 7.14. The molecule has 0 saturated heterocycles. The van der Waals surface area contributed by atoms with Crippen molar-refractivity contribution in [2.75, 3.05) is 20.1 Å². The van der Waals surface area contributed by atoms with Crippen LogP contribution in [0.4, 0.5) is 0 Å². The Morgan fingerprint density at radius 2 is 2.33 bits per heavy atom. The first-order valence-corrected chi connectivity index (χ1v) is 5.55. The molecule has 80 valence electrons. The van der Waals surface area contributed by atoms with E-state index in [2.05, 4.69) is 11.8 Å². The maximum absolute atomic E-state index is 11.7. The smallest absolute Gasteiger partial charge is 0.263 e. The molecule has 0 aliphatic rings. The van der Waals surface area contributed by atoms with Crippen molar-refractivity contribution in [3.63, 3.8) is 0 Å². The Balaban J connectivity index is 2.80. The summed E-state index contributed by atoms with van der Waals surface area (Å²) in [6.45, 7) is 3.00. The van der Waals surface area contributed by atoms with E-state index < -0.39 is 0 Å². The number of thiophene rings is 1. The van der Waals surface area contributed by atoms with E-state index in [0.29, 0.717) is 13.1 Å². The second-order valence-corrected chi connectivity index (χ2v) is 4.07. The molecule has 4 heteroatoms.